The summed E-state index contributed by atoms with van der Waals surface area (Å²) in [6.45, 7) is 0. The zero-order chi connectivity index (χ0) is 15.9. The number of rotatable bonds is 6. The van der Waals surface area contributed by atoms with E-state index in [2.05, 4.69) is 5.32 Å². The summed E-state index contributed by atoms with van der Waals surface area (Å²) < 4.78 is 23.2. The fourth-order valence-corrected chi connectivity index (χ4v) is 1.84. The number of hydrogen-bond acceptors (Lipinski definition) is 4. The molecule has 114 valence electrons. The maximum absolute atomic E-state index is 12.8. The van der Waals surface area contributed by atoms with Crippen LogP contribution in [0.4, 0.5) is 10.1 Å². The number of nitrogens with one attached hydrogen (secondary N) is 1. The highest BCUT2D eigenvalue weighted by molar-refractivity contribution is 6.04. The van der Waals surface area contributed by atoms with Crippen molar-refractivity contribution < 1.29 is 18.7 Å². The lowest BCUT2D eigenvalue weighted by atomic mass is 10.1. The Hall–Kier alpha value is -2.82. The zero-order valence-corrected chi connectivity index (χ0v) is 12.3. The van der Waals surface area contributed by atoms with Gasteiger partial charge in [0.1, 0.15) is 17.3 Å². The van der Waals surface area contributed by atoms with Crippen LogP contribution < -0.4 is 14.8 Å². The first-order valence-electron chi connectivity index (χ1n) is 6.59. The summed E-state index contributed by atoms with van der Waals surface area (Å²) in [6.07, 6.45) is 2.87. The maximum atomic E-state index is 12.8. The lowest BCUT2D eigenvalue weighted by Gasteiger charge is -2.09. The minimum atomic E-state index is -0.375. The summed E-state index contributed by atoms with van der Waals surface area (Å²) in [4.78, 5) is 11.9. The summed E-state index contributed by atoms with van der Waals surface area (Å²) >= 11 is 0. The molecule has 0 saturated carbocycles. The van der Waals surface area contributed by atoms with E-state index in [-0.39, 0.29) is 11.6 Å². The lowest BCUT2D eigenvalue weighted by molar-refractivity contribution is 0.104. The largest absolute Gasteiger partial charge is 0.497 e. The fourth-order valence-electron chi connectivity index (χ4n) is 1.84. The van der Waals surface area contributed by atoms with Crippen LogP contribution in [0.1, 0.15) is 10.4 Å². The molecule has 22 heavy (non-hydrogen) atoms. The van der Waals surface area contributed by atoms with E-state index in [0.29, 0.717) is 22.7 Å². The van der Waals surface area contributed by atoms with Crippen molar-refractivity contribution in [3.05, 3.63) is 66.1 Å². The minimum absolute atomic E-state index is 0.227. The molecular weight excluding hydrogens is 285 g/mol. The van der Waals surface area contributed by atoms with E-state index >= 15 is 0 Å². The number of anilines is 1. The van der Waals surface area contributed by atoms with Crippen molar-refractivity contribution in [2.45, 2.75) is 0 Å². The molecule has 5 heteroatoms. The zero-order valence-electron chi connectivity index (χ0n) is 12.3. The highest BCUT2D eigenvalue weighted by Gasteiger charge is 2.04. The molecule has 0 aromatic heterocycles. The van der Waals surface area contributed by atoms with Crippen LogP contribution in [-0.4, -0.2) is 20.0 Å². The average Bonchev–Trinajstić information content (AvgIpc) is 2.55. The molecule has 0 fully saturated rings. The third-order valence-electron chi connectivity index (χ3n) is 3.01. The van der Waals surface area contributed by atoms with Crippen LogP contribution in [0.3, 0.4) is 0 Å². The Kier molecular flexibility index (Phi) is 5.14. The highest BCUT2D eigenvalue weighted by Crippen LogP contribution is 2.28. The number of methoxy groups -OCH3 is 2. The van der Waals surface area contributed by atoms with Crippen LogP contribution >= 0.6 is 0 Å². The molecule has 0 unspecified atom stereocenters. The molecule has 0 amide bonds. The highest BCUT2D eigenvalue weighted by atomic mass is 19.1. The Balaban J connectivity index is 2.08. The molecule has 0 heterocycles. The second-order valence-electron chi connectivity index (χ2n) is 4.42. The standard InChI is InChI=1S/C17H16FNO3/c1-21-14-7-8-17(22-2)15(11-14)19-10-9-16(20)12-3-5-13(18)6-4-12/h3-11,19H,1-2H3. The molecule has 2 rings (SSSR count). The molecule has 0 aliphatic rings. The molecule has 2 aromatic rings. The first-order chi connectivity index (χ1) is 10.6. The number of benzene rings is 2. The Bertz CT molecular complexity index is 681. The van der Waals surface area contributed by atoms with Gasteiger partial charge in [-0.05, 0) is 36.4 Å². The molecule has 1 N–H and O–H groups in total. The summed E-state index contributed by atoms with van der Waals surface area (Å²) in [5.41, 5.74) is 1.09. The number of carbonyl (C=O) groups excluding carboxylic acids is 1. The Morgan fingerprint density at radius 3 is 2.45 bits per heavy atom. The number of halogens is 1. The maximum Gasteiger partial charge on any atom is 0.187 e. The van der Waals surface area contributed by atoms with Crippen molar-refractivity contribution >= 4 is 11.5 Å². The van der Waals surface area contributed by atoms with Crippen molar-refractivity contribution in [3.8, 4) is 11.5 Å². The average molecular weight is 301 g/mol. The van der Waals surface area contributed by atoms with E-state index in [9.17, 15) is 9.18 Å². The number of ketones is 1. The summed E-state index contributed by atoms with van der Waals surface area (Å²) in [6, 6.07) is 10.7. The van der Waals surface area contributed by atoms with Gasteiger partial charge in [0.05, 0.1) is 19.9 Å². The van der Waals surface area contributed by atoms with Gasteiger partial charge in [0, 0.05) is 23.9 Å². The first kappa shape index (κ1) is 15.6. The molecule has 0 aliphatic carbocycles. The molecule has 2 aromatic carbocycles. The van der Waals surface area contributed by atoms with E-state index in [0.717, 1.165) is 0 Å². The van der Waals surface area contributed by atoms with E-state index in [1.165, 1.54) is 36.5 Å². The predicted octanol–water partition coefficient (Wildman–Crippen LogP) is 3.65. The smallest absolute Gasteiger partial charge is 0.187 e. The number of hydrogen-bond donors (Lipinski definition) is 1. The van der Waals surface area contributed by atoms with Gasteiger partial charge < -0.3 is 14.8 Å². The van der Waals surface area contributed by atoms with Crippen molar-refractivity contribution in [1.82, 2.24) is 0 Å². The van der Waals surface area contributed by atoms with Crippen LogP contribution in [-0.2, 0) is 0 Å². The molecular formula is C17H16FNO3. The molecule has 0 spiro atoms. The molecule has 4 nitrogen and oxygen atoms in total. The van der Waals surface area contributed by atoms with Gasteiger partial charge >= 0.3 is 0 Å². The SMILES string of the molecule is COc1ccc(OC)c(NC=CC(=O)c2ccc(F)cc2)c1. The number of ether oxygens (including phenoxy) is 2. The Labute approximate surface area is 128 Å². The van der Waals surface area contributed by atoms with Gasteiger partial charge in [-0.1, -0.05) is 0 Å². The topological polar surface area (TPSA) is 47.6 Å². The van der Waals surface area contributed by atoms with Crippen LogP contribution in [0.5, 0.6) is 11.5 Å². The van der Waals surface area contributed by atoms with Gasteiger partial charge in [-0.15, -0.1) is 0 Å². The summed E-state index contributed by atoms with van der Waals surface area (Å²) in [5, 5.41) is 2.97. The fraction of sp³-hybridized carbons (Fsp3) is 0.118. The second-order valence-corrected chi connectivity index (χ2v) is 4.42. The van der Waals surface area contributed by atoms with Crippen LogP contribution in [0.25, 0.3) is 0 Å². The number of allylic oxidation sites excluding steroid dienone is 1. The predicted molar refractivity (Wildman–Crippen MR) is 83.0 cm³/mol. The summed E-state index contributed by atoms with van der Waals surface area (Å²) in [5.74, 6) is 0.690. The summed E-state index contributed by atoms with van der Waals surface area (Å²) in [7, 11) is 3.12. The van der Waals surface area contributed by atoms with Gasteiger partial charge in [-0.25, -0.2) is 4.39 Å². The second kappa shape index (κ2) is 7.26. The van der Waals surface area contributed by atoms with Crippen molar-refractivity contribution in [1.29, 1.82) is 0 Å². The van der Waals surface area contributed by atoms with Gasteiger partial charge in [0.2, 0.25) is 0 Å². The Morgan fingerprint density at radius 2 is 1.82 bits per heavy atom. The van der Waals surface area contributed by atoms with Crippen LogP contribution in [0, 0.1) is 5.82 Å². The molecule has 0 aliphatic heterocycles. The molecule has 0 saturated heterocycles. The molecule has 0 bridgehead atoms. The van der Waals surface area contributed by atoms with Gasteiger partial charge in [-0.3, -0.25) is 4.79 Å². The third-order valence-corrected chi connectivity index (χ3v) is 3.01. The molecule has 0 radical (unpaired) electrons. The van der Waals surface area contributed by atoms with E-state index in [4.69, 9.17) is 9.47 Å². The lowest BCUT2D eigenvalue weighted by Crippen LogP contribution is -1.98. The van der Waals surface area contributed by atoms with Gasteiger partial charge in [0.25, 0.3) is 0 Å². The van der Waals surface area contributed by atoms with Gasteiger partial charge in [0.15, 0.2) is 5.78 Å². The Morgan fingerprint density at radius 1 is 1.09 bits per heavy atom. The van der Waals surface area contributed by atoms with E-state index in [1.54, 1.807) is 32.4 Å². The monoisotopic (exact) mass is 301 g/mol. The minimum Gasteiger partial charge on any atom is -0.497 e. The van der Waals surface area contributed by atoms with Crippen molar-refractivity contribution in [2.24, 2.45) is 0 Å². The number of carbonyl (C=O) groups is 1. The van der Waals surface area contributed by atoms with Crippen LogP contribution in [0.15, 0.2) is 54.7 Å². The van der Waals surface area contributed by atoms with Crippen molar-refractivity contribution in [2.75, 3.05) is 19.5 Å². The first-order valence-corrected chi connectivity index (χ1v) is 6.59. The quantitative estimate of drug-likeness (QED) is 0.653. The normalized spacial score (nSPS) is 10.5. The van der Waals surface area contributed by atoms with Gasteiger partial charge in [-0.2, -0.15) is 0 Å². The third kappa shape index (κ3) is 3.85. The van der Waals surface area contributed by atoms with E-state index in [1.807, 2.05) is 0 Å². The van der Waals surface area contributed by atoms with Crippen molar-refractivity contribution in [3.63, 3.8) is 0 Å². The van der Waals surface area contributed by atoms with Crippen LogP contribution in [0.2, 0.25) is 0 Å². The van der Waals surface area contributed by atoms with E-state index < -0.39 is 0 Å². The molecule has 0 atom stereocenters.